The summed E-state index contributed by atoms with van der Waals surface area (Å²) in [6.45, 7) is 9.36. The number of halogens is 1. The van der Waals surface area contributed by atoms with Gasteiger partial charge in [0.15, 0.2) is 0 Å². The molecular formula is C25H37ClN4O4. The molecule has 2 amide bonds. The summed E-state index contributed by atoms with van der Waals surface area (Å²) >= 11 is 5.96. The number of nitrogens with one attached hydrogen (secondary N) is 3. The third-order valence-electron chi connectivity index (χ3n) is 6.82. The number of carbonyl (C=O) groups is 2. The van der Waals surface area contributed by atoms with Crippen molar-refractivity contribution in [2.75, 3.05) is 6.54 Å². The Morgan fingerprint density at radius 2 is 1.91 bits per heavy atom. The van der Waals surface area contributed by atoms with E-state index in [0.29, 0.717) is 30.0 Å². The highest BCUT2D eigenvalue weighted by atomic mass is 35.5. The fourth-order valence-corrected chi connectivity index (χ4v) is 4.24. The number of hydrogen-bond acceptors (Lipinski definition) is 6. The van der Waals surface area contributed by atoms with E-state index in [2.05, 4.69) is 22.0 Å². The number of carbonyl (C=O) groups excluding carboxylic acids is 2. The van der Waals surface area contributed by atoms with Crippen LogP contribution in [0.25, 0.3) is 0 Å². The number of aliphatic hydroxyl groups is 2. The molecule has 9 heteroatoms. The van der Waals surface area contributed by atoms with Crippen molar-refractivity contribution in [1.82, 2.24) is 16.0 Å². The van der Waals surface area contributed by atoms with Crippen LogP contribution >= 0.6 is 11.6 Å². The minimum atomic E-state index is -1.52. The minimum Gasteiger partial charge on any atom is -0.384 e. The van der Waals surface area contributed by atoms with Gasteiger partial charge in [-0.3, -0.25) is 14.9 Å². The topological polar surface area (TPSA) is 134 Å². The van der Waals surface area contributed by atoms with Crippen molar-refractivity contribution in [3.8, 4) is 6.07 Å². The average molecular weight is 493 g/mol. The molecule has 1 aromatic carbocycles. The summed E-state index contributed by atoms with van der Waals surface area (Å²) < 4.78 is 0. The van der Waals surface area contributed by atoms with E-state index in [0.717, 1.165) is 0 Å². The number of amides is 2. The van der Waals surface area contributed by atoms with Crippen LogP contribution < -0.4 is 16.0 Å². The number of hydrogen-bond donors (Lipinski definition) is 5. The lowest BCUT2D eigenvalue weighted by atomic mass is 9.71. The monoisotopic (exact) mass is 492 g/mol. The molecule has 5 atom stereocenters. The summed E-state index contributed by atoms with van der Waals surface area (Å²) in [5.74, 6) is -0.670. The first-order valence-electron chi connectivity index (χ1n) is 11.7. The van der Waals surface area contributed by atoms with Crippen molar-refractivity contribution in [3.63, 3.8) is 0 Å². The first-order valence-corrected chi connectivity index (χ1v) is 12.1. The van der Waals surface area contributed by atoms with Gasteiger partial charge in [-0.05, 0) is 63.6 Å². The van der Waals surface area contributed by atoms with Gasteiger partial charge < -0.3 is 20.8 Å². The number of aliphatic hydroxyl groups excluding tert-OH is 1. The van der Waals surface area contributed by atoms with Gasteiger partial charge in [0.2, 0.25) is 11.8 Å². The Bertz CT molecular complexity index is 895. The molecule has 5 N–H and O–H groups in total. The SMILES string of the molecule is CC(C)C[C@H](NC(=O)C(C)(C)[C@](C)(O)c1ccc(Cl)cc1)C(O)N[C@H](C#N)C[C@@H]1CCNC1=O. The van der Waals surface area contributed by atoms with Crippen LogP contribution in [0.5, 0.6) is 0 Å². The maximum atomic E-state index is 13.4. The third-order valence-corrected chi connectivity index (χ3v) is 7.08. The first-order chi connectivity index (χ1) is 15.8. The number of nitriles is 1. The van der Waals surface area contributed by atoms with Gasteiger partial charge in [-0.25, -0.2) is 0 Å². The van der Waals surface area contributed by atoms with Gasteiger partial charge >= 0.3 is 0 Å². The summed E-state index contributed by atoms with van der Waals surface area (Å²) in [7, 11) is 0. The quantitative estimate of drug-likeness (QED) is 0.301. The molecule has 2 rings (SSSR count). The van der Waals surface area contributed by atoms with Crippen LogP contribution in [0, 0.1) is 28.6 Å². The standard InChI is InChI=1S/C25H37ClN4O4/c1-15(2)12-20(22(32)29-19(14-27)13-16-10-11-28-21(16)31)30-23(33)24(3,4)25(5,34)17-6-8-18(26)9-7-17/h6-9,15-16,19-20,22,29,32,34H,10-13H2,1-5H3,(H,28,31)(H,30,33)/t16-,19-,20-,22?,25+/m0/s1. The van der Waals surface area contributed by atoms with Crippen LogP contribution in [0.3, 0.4) is 0 Å². The first kappa shape index (κ1) is 28.1. The van der Waals surface area contributed by atoms with Crippen molar-refractivity contribution in [3.05, 3.63) is 34.9 Å². The van der Waals surface area contributed by atoms with Gasteiger partial charge in [0.25, 0.3) is 0 Å². The summed E-state index contributed by atoms with van der Waals surface area (Å²) in [6.07, 6.45) is 0.158. The van der Waals surface area contributed by atoms with Crippen molar-refractivity contribution >= 4 is 23.4 Å². The average Bonchev–Trinajstić information content (AvgIpc) is 3.16. The van der Waals surface area contributed by atoms with Gasteiger partial charge in [0, 0.05) is 17.5 Å². The highest BCUT2D eigenvalue weighted by molar-refractivity contribution is 6.30. The normalized spacial score (nSPS) is 20.7. The van der Waals surface area contributed by atoms with E-state index in [4.69, 9.17) is 11.6 Å². The Morgan fingerprint density at radius 1 is 1.29 bits per heavy atom. The summed E-state index contributed by atoms with van der Waals surface area (Å²) in [4.78, 5) is 25.2. The molecule has 8 nitrogen and oxygen atoms in total. The fraction of sp³-hybridized carbons (Fsp3) is 0.640. The van der Waals surface area contributed by atoms with Gasteiger partial charge in [-0.2, -0.15) is 5.26 Å². The predicted octanol–water partition coefficient (Wildman–Crippen LogP) is 2.43. The van der Waals surface area contributed by atoms with Gasteiger partial charge in [0.05, 0.1) is 23.6 Å². The molecule has 0 bridgehead atoms. The maximum absolute atomic E-state index is 13.4. The van der Waals surface area contributed by atoms with Crippen molar-refractivity contribution in [2.24, 2.45) is 17.3 Å². The van der Waals surface area contributed by atoms with Crippen LogP contribution in [0.4, 0.5) is 0 Å². The number of nitrogens with zero attached hydrogens (tertiary/aromatic N) is 1. The molecule has 0 radical (unpaired) electrons. The molecule has 0 saturated carbocycles. The predicted molar refractivity (Wildman–Crippen MR) is 130 cm³/mol. The van der Waals surface area contributed by atoms with E-state index in [1.54, 1.807) is 45.0 Å². The van der Waals surface area contributed by atoms with Gasteiger partial charge in [0.1, 0.15) is 11.8 Å². The van der Waals surface area contributed by atoms with Crippen LogP contribution in [0.15, 0.2) is 24.3 Å². The Kier molecular flexibility index (Phi) is 9.49. The summed E-state index contributed by atoms with van der Waals surface area (Å²) in [5, 5.41) is 40.8. The lowest BCUT2D eigenvalue weighted by molar-refractivity contribution is -0.147. The fourth-order valence-electron chi connectivity index (χ4n) is 4.11. The van der Waals surface area contributed by atoms with E-state index >= 15 is 0 Å². The second kappa shape index (κ2) is 11.5. The zero-order valence-electron chi connectivity index (χ0n) is 20.6. The third kappa shape index (κ3) is 6.70. The van der Waals surface area contributed by atoms with Crippen LogP contribution in [-0.4, -0.2) is 46.9 Å². The van der Waals surface area contributed by atoms with E-state index < -0.39 is 35.2 Å². The molecule has 0 aromatic heterocycles. The van der Waals surface area contributed by atoms with Gasteiger partial charge in [-0.15, -0.1) is 0 Å². The lowest BCUT2D eigenvalue weighted by Gasteiger charge is -2.40. The number of benzene rings is 1. The zero-order valence-corrected chi connectivity index (χ0v) is 21.3. The molecule has 188 valence electrons. The summed E-state index contributed by atoms with van der Waals surface area (Å²) in [6, 6.07) is 7.31. The van der Waals surface area contributed by atoms with Crippen LogP contribution in [0.1, 0.15) is 59.4 Å². The Morgan fingerprint density at radius 3 is 2.41 bits per heavy atom. The van der Waals surface area contributed by atoms with Crippen molar-refractivity contribution < 1.29 is 19.8 Å². The molecule has 1 aliphatic rings. The largest absolute Gasteiger partial charge is 0.384 e. The van der Waals surface area contributed by atoms with Crippen LogP contribution in [-0.2, 0) is 15.2 Å². The lowest BCUT2D eigenvalue weighted by Crippen LogP contribution is -2.58. The second-order valence-electron chi connectivity index (χ2n) is 10.2. The molecule has 1 aromatic rings. The molecule has 1 saturated heterocycles. The number of rotatable bonds is 11. The van der Waals surface area contributed by atoms with E-state index in [1.165, 1.54) is 0 Å². The Labute approximate surface area is 207 Å². The molecule has 0 aliphatic carbocycles. The van der Waals surface area contributed by atoms with Crippen LogP contribution in [0.2, 0.25) is 5.02 Å². The van der Waals surface area contributed by atoms with E-state index in [1.807, 2.05) is 13.8 Å². The molecule has 34 heavy (non-hydrogen) atoms. The summed E-state index contributed by atoms with van der Waals surface area (Å²) in [5.41, 5.74) is -2.24. The molecule has 1 aliphatic heterocycles. The highest BCUT2D eigenvalue weighted by Crippen LogP contribution is 2.40. The zero-order chi connectivity index (χ0) is 25.7. The maximum Gasteiger partial charge on any atom is 0.229 e. The molecule has 1 heterocycles. The minimum absolute atomic E-state index is 0.0882. The highest BCUT2D eigenvalue weighted by Gasteiger charge is 2.47. The molecule has 0 spiro atoms. The Balaban J connectivity index is 2.15. The Hall–Kier alpha value is -2.18. The van der Waals surface area contributed by atoms with Crippen molar-refractivity contribution in [1.29, 1.82) is 5.26 Å². The van der Waals surface area contributed by atoms with E-state index in [-0.39, 0.29) is 24.2 Å². The van der Waals surface area contributed by atoms with Crippen molar-refractivity contribution in [2.45, 2.75) is 77.8 Å². The molecular weight excluding hydrogens is 456 g/mol. The second-order valence-corrected chi connectivity index (χ2v) is 10.7. The smallest absolute Gasteiger partial charge is 0.229 e. The van der Waals surface area contributed by atoms with E-state index in [9.17, 15) is 25.1 Å². The van der Waals surface area contributed by atoms with Gasteiger partial charge in [-0.1, -0.05) is 37.6 Å². The molecule has 1 unspecified atom stereocenters. The molecule has 1 fully saturated rings.